The molecule has 2 fully saturated rings. The third-order valence-corrected chi connectivity index (χ3v) is 3.73. The van der Waals surface area contributed by atoms with Crippen LogP contribution >= 0.6 is 0 Å². The summed E-state index contributed by atoms with van der Waals surface area (Å²) in [5.41, 5.74) is 0. The van der Waals surface area contributed by atoms with E-state index in [1.807, 2.05) is 0 Å². The van der Waals surface area contributed by atoms with Crippen LogP contribution in [0, 0.1) is 17.8 Å². The largest absolute Gasteiger partial charge is 0.392 e. The third-order valence-electron chi connectivity index (χ3n) is 3.73. The van der Waals surface area contributed by atoms with E-state index in [4.69, 9.17) is 0 Å². The van der Waals surface area contributed by atoms with Crippen molar-refractivity contribution in [2.24, 2.45) is 17.8 Å². The highest BCUT2D eigenvalue weighted by Gasteiger charge is 2.45. The van der Waals surface area contributed by atoms with Crippen molar-refractivity contribution in [3.63, 3.8) is 0 Å². The summed E-state index contributed by atoms with van der Waals surface area (Å²) in [5.74, 6) is 0.862. The van der Waals surface area contributed by atoms with Gasteiger partial charge in [-0.3, -0.25) is 0 Å². The quantitative estimate of drug-likeness (QED) is 0.739. The molecule has 14 heavy (non-hydrogen) atoms. The van der Waals surface area contributed by atoms with Gasteiger partial charge in [-0.2, -0.15) is 13.2 Å². The molecule has 2 aliphatic carbocycles. The molecule has 0 spiro atoms. The molecule has 0 saturated heterocycles. The Balaban J connectivity index is 1.90. The smallest absolute Gasteiger partial charge is 0.391 e. The molecule has 4 atom stereocenters. The Morgan fingerprint density at radius 3 is 2.36 bits per heavy atom. The first-order valence-corrected chi connectivity index (χ1v) is 5.20. The van der Waals surface area contributed by atoms with Gasteiger partial charge in [-0.05, 0) is 37.0 Å². The first-order valence-electron chi connectivity index (χ1n) is 5.20. The number of hydrogen-bond donors (Lipinski definition) is 1. The van der Waals surface area contributed by atoms with Crippen LogP contribution in [0.1, 0.15) is 32.1 Å². The Morgan fingerprint density at radius 2 is 1.93 bits per heavy atom. The maximum Gasteiger partial charge on any atom is 0.391 e. The second-order valence-electron chi connectivity index (χ2n) is 4.73. The molecule has 1 nitrogen and oxygen atoms in total. The van der Waals surface area contributed by atoms with Crippen LogP contribution in [-0.2, 0) is 0 Å². The van der Waals surface area contributed by atoms with Crippen molar-refractivity contribution in [2.45, 2.75) is 44.4 Å². The van der Waals surface area contributed by atoms with Gasteiger partial charge in [0, 0.05) is 0 Å². The Kier molecular flexibility index (Phi) is 2.50. The summed E-state index contributed by atoms with van der Waals surface area (Å²) < 4.78 is 36.1. The summed E-state index contributed by atoms with van der Waals surface area (Å²) in [7, 11) is 0. The zero-order valence-electron chi connectivity index (χ0n) is 7.93. The molecule has 2 aliphatic rings. The molecule has 4 unspecified atom stereocenters. The first kappa shape index (κ1) is 10.3. The molecule has 0 aliphatic heterocycles. The molecule has 0 aromatic rings. The summed E-state index contributed by atoms with van der Waals surface area (Å²) in [6, 6.07) is 0. The molecule has 0 radical (unpaired) electrons. The molecule has 0 amide bonds. The molecule has 4 heteroatoms. The standard InChI is InChI=1S/C10H15F3O/c11-10(12,13)5-9(14)8-4-6-1-2-7(8)3-6/h6-9,14H,1-5H2. The maximum atomic E-state index is 12.0. The lowest BCUT2D eigenvalue weighted by Crippen LogP contribution is -2.30. The Morgan fingerprint density at radius 1 is 1.21 bits per heavy atom. The minimum absolute atomic E-state index is 0.0876. The van der Waals surface area contributed by atoms with E-state index in [1.54, 1.807) is 0 Å². The highest BCUT2D eigenvalue weighted by Crippen LogP contribution is 2.50. The van der Waals surface area contributed by atoms with Crippen LogP contribution in [0.5, 0.6) is 0 Å². The van der Waals surface area contributed by atoms with Gasteiger partial charge in [-0.25, -0.2) is 0 Å². The van der Waals surface area contributed by atoms with Gasteiger partial charge in [0.1, 0.15) is 0 Å². The molecule has 1 N–H and O–H groups in total. The van der Waals surface area contributed by atoms with E-state index in [0.717, 1.165) is 25.7 Å². The van der Waals surface area contributed by atoms with Crippen molar-refractivity contribution < 1.29 is 18.3 Å². The molecule has 2 rings (SSSR count). The van der Waals surface area contributed by atoms with Crippen LogP contribution < -0.4 is 0 Å². The monoisotopic (exact) mass is 208 g/mol. The molecule has 82 valence electrons. The average Bonchev–Trinajstić information content (AvgIpc) is 2.59. The summed E-state index contributed by atoms with van der Waals surface area (Å²) in [4.78, 5) is 0. The minimum atomic E-state index is -4.22. The van der Waals surface area contributed by atoms with Crippen LogP contribution in [-0.4, -0.2) is 17.4 Å². The predicted molar refractivity (Wildman–Crippen MR) is 45.6 cm³/mol. The van der Waals surface area contributed by atoms with E-state index in [1.165, 1.54) is 0 Å². The molecule has 0 heterocycles. The lowest BCUT2D eigenvalue weighted by molar-refractivity contribution is -0.161. The van der Waals surface area contributed by atoms with Gasteiger partial charge < -0.3 is 5.11 Å². The van der Waals surface area contributed by atoms with Gasteiger partial charge in [-0.15, -0.1) is 0 Å². The molecule has 2 bridgehead atoms. The van der Waals surface area contributed by atoms with Crippen molar-refractivity contribution in [3.05, 3.63) is 0 Å². The predicted octanol–water partition coefficient (Wildman–Crippen LogP) is 2.74. The Bertz CT molecular complexity index is 214. The Labute approximate surface area is 81.3 Å². The van der Waals surface area contributed by atoms with Crippen LogP contribution in [0.4, 0.5) is 13.2 Å². The lowest BCUT2D eigenvalue weighted by atomic mass is 9.83. The van der Waals surface area contributed by atoms with Gasteiger partial charge in [0.15, 0.2) is 0 Å². The summed E-state index contributed by atoms with van der Waals surface area (Å²) in [6.07, 6.45) is -2.39. The highest BCUT2D eigenvalue weighted by atomic mass is 19.4. The highest BCUT2D eigenvalue weighted by molar-refractivity contribution is 4.93. The second-order valence-corrected chi connectivity index (χ2v) is 4.73. The van der Waals surface area contributed by atoms with E-state index in [-0.39, 0.29) is 5.92 Å². The van der Waals surface area contributed by atoms with Gasteiger partial charge >= 0.3 is 6.18 Å². The van der Waals surface area contributed by atoms with Gasteiger partial charge in [-0.1, -0.05) is 6.42 Å². The van der Waals surface area contributed by atoms with Gasteiger partial charge in [0.25, 0.3) is 0 Å². The second kappa shape index (κ2) is 3.40. The number of aliphatic hydroxyl groups is 1. The number of alkyl halides is 3. The van der Waals surface area contributed by atoms with E-state index < -0.39 is 18.7 Å². The first-order chi connectivity index (χ1) is 6.46. The van der Waals surface area contributed by atoms with Gasteiger partial charge in [0.2, 0.25) is 0 Å². The van der Waals surface area contributed by atoms with E-state index >= 15 is 0 Å². The number of halogens is 3. The Hall–Kier alpha value is -0.250. The maximum absolute atomic E-state index is 12.0. The fraction of sp³-hybridized carbons (Fsp3) is 1.00. The van der Waals surface area contributed by atoms with Crippen LogP contribution in [0.2, 0.25) is 0 Å². The fourth-order valence-corrected chi connectivity index (χ4v) is 3.15. The molecule has 0 aromatic heterocycles. The van der Waals surface area contributed by atoms with Crippen molar-refractivity contribution in [3.8, 4) is 0 Å². The van der Waals surface area contributed by atoms with Crippen LogP contribution in [0.3, 0.4) is 0 Å². The van der Waals surface area contributed by atoms with Crippen molar-refractivity contribution in [2.75, 3.05) is 0 Å². The summed E-state index contributed by atoms with van der Waals surface area (Å²) in [6.45, 7) is 0. The number of fused-ring (bicyclic) bond motifs is 2. The molecular formula is C10H15F3O. The number of aliphatic hydroxyl groups excluding tert-OH is 1. The van der Waals surface area contributed by atoms with E-state index in [0.29, 0.717) is 11.8 Å². The topological polar surface area (TPSA) is 20.2 Å². The zero-order chi connectivity index (χ0) is 10.3. The normalized spacial score (nSPS) is 39.0. The molecule has 0 aromatic carbocycles. The zero-order valence-corrected chi connectivity index (χ0v) is 7.93. The summed E-state index contributed by atoms with van der Waals surface area (Å²) in [5, 5.41) is 9.49. The van der Waals surface area contributed by atoms with Crippen molar-refractivity contribution in [1.29, 1.82) is 0 Å². The molecular weight excluding hydrogens is 193 g/mol. The van der Waals surface area contributed by atoms with Crippen molar-refractivity contribution >= 4 is 0 Å². The average molecular weight is 208 g/mol. The molecule has 2 saturated carbocycles. The van der Waals surface area contributed by atoms with Crippen LogP contribution in [0.15, 0.2) is 0 Å². The SMILES string of the molecule is OC(CC(F)(F)F)C1CC2CCC1C2. The third kappa shape index (κ3) is 2.05. The van der Waals surface area contributed by atoms with Crippen molar-refractivity contribution in [1.82, 2.24) is 0 Å². The number of hydrogen-bond acceptors (Lipinski definition) is 1. The number of rotatable bonds is 2. The lowest BCUT2D eigenvalue weighted by Gasteiger charge is -2.27. The van der Waals surface area contributed by atoms with E-state index in [2.05, 4.69) is 0 Å². The van der Waals surface area contributed by atoms with Crippen LogP contribution in [0.25, 0.3) is 0 Å². The van der Waals surface area contributed by atoms with E-state index in [9.17, 15) is 18.3 Å². The van der Waals surface area contributed by atoms with Gasteiger partial charge in [0.05, 0.1) is 12.5 Å². The minimum Gasteiger partial charge on any atom is -0.392 e. The fourth-order valence-electron chi connectivity index (χ4n) is 3.15. The summed E-state index contributed by atoms with van der Waals surface area (Å²) >= 11 is 0.